The van der Waals surface area contributed by atoms with Crippen molar-refractivity contribution in [3.05, 3.63) is 96.3 Å². The van der Waals surface area contributed by atoms with Gasteiger partial charge in [-0.1, -0.05) is 30.3 Å². The van der Waals surface area contributed by atoms with Crippen LogP contribution in [0.5, 0.6) is 5.75 Å². The number of fused-ring (bicyclic) bond motifs is 1. The van der Waals surface area contributed by atoms with Crippen LogP contribution in [0.4, 0.5) is 5.69 Å². The number of carbonyl (C=O) groups excluding carboxylic acids is 2. The van der Waals surface area contributed by atoms with Gasteiger partial charge in [0.15, 0.2) is 6.61 Å². The van der Waals surface area contributed by atoms with Crippen LogP contribution in [0.2, 0.25) is 0 Å². The van der Waals surface area contributed by atoms with Crippen molar-refractivity contribution in [3.63, 3.8) is 0 Å². The van der Waals surface area contributed by atoms with Crippen molar-refractivity contribution in [3.8, 4) is 5.75 Å². The number of benzene rings is 3. The van der Waals surface area contributed by atoms with Gasteiger partial charge in [0, 0.05) is 18.1 Å². The quantitative estimate of drug-likeness (QED) is 0.461. The van der Waals surface area contributed by atoms with Gasteiger partial charge in [0.1, 0.15) is 12.4 Å². The Bertz CT molecular complexity index is 1190. The Kier molecular flexibility index (Phi) is 6.13. The standard InChI is InChI=1S/C24H19N3O4/c28-23(16-31-24(29)18-6-11-21-22(14-18)26-13-12-25-21)27-19-7-9-20(10-8-19)30-15-17-4-2-1-3-5-17/h1-14H,15-16H2,(H,27,28). The fourth-order valence-corrected chi connectivity index (χ4v) is 2.88. The molecule has 31 heavy (non-hydrogen) atoms. The normalized spacial score (nSPS) is 10.5. The van der Waals surface area contributed by atoms with Crippen LogP contribution in [0.1, 0.15) is 15.9 Å². The number of hydrogen-bond acceptors (Lipinski definition) is 6. The minimum absolute atomic E-state index is 0.306. The van der Waals surface area contributed by atoms with Crippen molar-refractivity contribution in [1.29, 1.82) is 0 Å². The van der Waals surface area contributed by atoms with Crippen LogP contribution < -0.4 is 10.1 Å². The number of rotatable bonds is 7. The molecule has 1 amide bonds. The van der Waals surface area contributed by atoms with Gasteiger partial charge in [-0.25, -0.2) is 4.79 Å². The number of ether oxygens (including phenoxy) is 2. The van der Waals surface area contributed by atoms with Gasteiger partial charge < -0.3 is 14.8 Å². The van der Waals surface area contributed by atoms with Crippen LogP contribution in [-0.4, -0.2) is 28.5 Å². The van der Waals surface area contributed by atoms with E-state index >= 15 is 0 Å². The molecule has 154 valence electrons. The largest absolute Gasteiger partial charge is 0.489 e. The van der Waals surface area contributed by atoms with E-state index in [9.17, 15) is 9.59 Å². The van der Waals surface area contributed by atoms with Crippen LogP contribution >= 0.6 is 0 Å². The van der Waals surface area contributed by atoms with Crippen LogP contribution in [0, 0.1) is 0 Å². The summed E-state index contributed by atoms with van der Waals surface area (Å²) in [5, 5.41) is 2.69. The summed E-state index contributed by atoms with van der Waals surface area (Å²) >= 11 is 0. The molecule has 1 heterocycles. The van der Waals surface area contributed by atoms with Crippen molar-refractivity contribution in [2.75, 3.05) is 11.9 Å². The summed E-state index contributed by atoms with van der Waals surface area (Å²) in [5.41, 5.74) is 3.21. The highest BCUT2D eigenvalue weighted by Gasteiger charge is 2.12. The lowest BCUT2D eigenvalue weighted by molar-refractivity contribution is -0.119. The maximum atomic E-state index is 12.2. The highest BCUT2D eigenvalue weighted by Crippen LogP contribution is 2.17. The average Bonchev–Trinajstić information content (AvgIpc) is 2.82. The van der Waals surface area contributed by atoms with Gasteiger partial charge in [0.2, 0.25) is 0 Å². The molecular formula is C24H19N3O4. The summed E-state index contributed by atoms with van der Waals surface area (Å²) < 4.78 is 10.8. The summed E-state index contributed by atoms with van der Waals surface area (Å²) in [6, 6.07) is 21.7. The van der Waals surface area contributed by atoms with Crippen LogP contribution in [0.25, 0.3) is 11.0 Å². The molecule has 1 N–H and O–H groups in total. The zero-order valence-corrected chi connectivity index (χ0v) is 16.5. The lowest BCUT2D eigenvalue weighted by Crippen LogP contribution is -2.20. The lowest BCUT2D eigenvalue weighted by Gasteiger charge is -2.09. The fraction of sp³-hybridized carbons (Fsp3) is 0.0833. The van der Waals surface area contributed by atoms with E-state index in [-0.39, 0.29) is 0 Å². The van der Waals surface area contributed by atoms with E-state index in [1.54, 1.807) is 54.9 Å². The number of esters is 1. The third kappa shape index (κ3) is 5.42. The topological polar surface area (TPSA) is 90.4 Å². The van der Waals surface area contributed by atoms with E-state index in [0.717, 1.165) is 5.56 Å². The minimum atomic E-state index is -0.604. The van der Waals surface area contributed by atoms with Crippen molar-refractivity contribution >= 4 is 28.6 Å². The number of hydrogen-bond donors (Lipinski definition) is 1. The van der Waals surface area contributed by atoms with Gasteiger partial charge >= 0.3 is 5.97 Å². The van der Waals surface area contributed by atoms with E-state index in [0.29, 0.717) is 34.6 Å². The van der Waals surface area contributed by atoms with Crippen LogP contribution in [-0.2, 0) is 16.1 Å². The molecule has 7 heteroatoms. The minimum Gasteiger partial charge on any atom is -0.489 e. The molecule has 0 bridgehead atoms. The predicted octanol–water partition coefficient (Wildman–Crippen LogP) is 4.00. The summed E-state index contributed by atoms with van der Waals surface area (Å²) in [6.45, 7) is 0.0620. The number of nitrogens with one attached hydrogen (secondary N) is 1. The molecule has 4 rings (SSSR count). The van der Waals surface area contributed by atoms with Crippen LogP contribution in [0.3, 0.4) is 0 Å². The van der Waals surface area contributed by atoms with E-state index in [1.807, 2.05) is 30.3 Å². The molecule has 0 fully saturated rings. The zero-order chi connectivity index (χ0) is 21.5. The molecule has 0 radical (unpaired) electrons. The number of anilines is 1. The molecule has 1 aromatic heterocycles. The van der Waals surface area contributed by atoms with Crippen molar-refractivity contribution < 1.29 is 19.1 Å². The van der Waals surface area contributed by atoms with Gasteiger partial charge in [-0.3, -0.25) is 14.8 Å². The summed E-state index contributed by atoms with van der Waals surface area (Å²) in [7, 11) is 0. The fourth-order valence-electron chi connectivity index (χ4n) is 2.88. The first kappa shape index (κ1) is 20.0. The van der Waals surface area contributed by atoms with Gasteiger partial charge in [-0.2, -0.15) is 0 Å². The smallest absolute Gasteiger partial charge is 0.338 e. The molecule has 0 aliphatic rings. The number of aromatic nitrogens is 2. The second kappa shape index (κ2) is 9.49. The Balaban J connectivity index is 1.26. The van der Waals surface area contributed by atoms with Crippen molar-refractivity contribution in [2.45, 2.75) is 6.61 Å². The third-order valence-electron chi connectivity index (χ3n) is 4.43. The SMILES string of the molecule is O=C(COC(=O)c1ccc2nccnc2c1)Nc1ccc(OCc2ccccc2)cc1. The monoisotopic (exact) mass is 413 g/mol. The Morgan fingerprint density at radius 1 is 0.839 bits per heavy atom. The molecule has 0 atom stereocenters. The maximum Gasteiger partial charge on any atom is 0.338 e. The highest BCUT2D eigenvalue weighted by molar-refractivity contribution is 5.97. The Morgan fingerprint density at radius 3 is 2.35 bits per heavy atom. The zero-order valence-electron chi connectivity index (χ0n) is 16.5. The second-order valence-corrected chi connectivity index (χ2v) is 6.68. The third-order valence-corrected chi connectivity index (χ3v) is 4.43. The lowest BCUT2D eigenvalue weighted by atomic mass is 10.2. The molecule has 0 aliphatic carbocycles. The summed E-state index contributed by atoms with van der Waals surface area (Å²) in [5.74, 6) is -0.355. The molecule has 0 spiro atoms. The molecule has 4 aromatic rings. The molecule has 0 aliphatic heterocycles. The van der Waals surface area contributed by atoms with Gasteiger partial charge in [-0.05, 0) is 48.0 Å². The molecule has 0 saturated heterocycles. The predicted molar refractivity (Wildman–Crippen MR) is 116 cm³/mol. The Labute approximate surface area is 178 Å². The van der Waals surface area contributed by atoms with Gasteiger partial charge in [0.05, 0.1) is 16.6 Å². The van der Waals surface area contributed by atoms with Gasteiger partial charge in [-0.15, -0.1) is 0 Å². The molecule has 3 aromatic carbocycles. The molecule has 0 unspecified atom stereocenters. The maximum absolute atomic E-state index is 12.2. The summed E-state index contributed by atoms with van der Waals surface area (Å²) in [4.78, 5) is 32.6. The number of nitrogens with zero attached hydrogens (tertiary/aromatic N) is 2. The van der Waals surface area contributed by atoms with Crippen molar-refractivity contribution in [2.24, 2.45) is 0 Å². The Morgan fingerprint density at radius 2 is 1.58 bits per heavy atom. The van der Waals surface area contributed by atoms with E-state index in [1.165, 1.54) is 0 Å². The highest BCUT2D eigenvalue weighted by atomic mass is 16.5. The number of amides is 1. The molecular weight excluding hydrogens is 394 g/mol. The van der Waals surface area contributed by atoms with E-state index in [2.05, 4.69) is 15.3 Å². The first-order valence-electron chi connectivity index (χ1n) is 9.62. The Hall–Kier alpha value is -4.26. The van der Waals surface area contributed by atoms with Crippen LogP contribution in [0.15, 0.2) is 85.2 Å². The number of carbonyl (C=O) groups is 2. The van der Waals surface area contributed by atoms with E-state index in [4.69, 9.17) is 9.47 Å². The van der Waals surface area contributed by atoms with Gasteiger partial charge in [0.25, 0.3) is 5.91 Å². The first-order chi connectivity index (χ1) is 15.2. The van der Waals surface area contributed by atoms with E-state index < -0.39 is 18.5 Å². The molecule has 7 nitrogen and oxygen atoms in total. The second-order valence-electron chi connectivity index (χ2n) is 6.68. The summed E-state index contributed by atoms with van der Waals surface area (Å²) in [6.07, 6.45) is 3.12. The van der Waals surface area contributed by atoms with Crippen molar-refractivity contribution in [1.82, 2.24) is 9.97 Å². The average molecular weight is 413 g/mol. The first-order valence-corrected chi connectivity index (χ1v) is 9.62. The molecule has 0 saturated carbocycles.